The molecular formula is C12H18BrClN2OS. The maximum Gasteiger partial charge on any atom is 0.253 e. The lowest BCUT2D eigenvalue weighted by Gasteiger charge is -2.22. The fourth-order valence-corrected chi connectivity index (χ4v) is 1.80. The second kappa shape index (κ2) is 7.26. The number of nitrogens with one attached hydrogen (secondary N) is 1. The van der Waals surface area contributed by atoms with Crippen LogP contribution in [0, 0.1) is 0 Å². The molecule has 1 aromatic rings. The molecule has 0 aromatic heterocycles. The molecule has 1 rings (SSSR count). The van der Waals surface area contributed by atoms with Crippen molar-refractivity contribution in [1.82, 2.24) is 5.32 Å². The highest BCUT2D eigenvalue weighted by atomic mass is 79.9. The smallest absolute Gasteiger partial charge is 0.253 e. The van der Waals surface area contributed by atoms with Crippen LogP contribution in [0.3, 0.4) is 0 Å². The molecule has 0 radical (unpaired) electrons. The zero-order valence-corrected chi connectivity index (χ0v) is 13.8. The van der Waals surface area contributed by atoms with Crippen LogP contribution < -0.4 is 11.1 Å². The Hall–Kier alpha value is -0.390. The summed E-state index contributed by atoms with van der Waals surface area (Å²) in [4.78, 5) is 11.9. The second-order valence-electron chi connectivity index (χ2n) is 4.38. The van der Waals surface area contributed by atoms with E-state index in [0.717, 1.165) is 4.47 Å². The van der Waals surface area contributed by atoms with Gasteiger partial charge in [-0.3, -0.25) is 4.79 Å². The van der Waals surface area contributed by atoms with Crippen LogP contribution in [-0.2, 0) is 0 Å². The van der Waals surface area contributed by atoms with Gasteiger partial charge in [0.05, 0.1) is 5.56 Å². The molecule has 0 unspecified atom stereocenters. The van der Waals surface area contributed by atoms with Crippen LogP contribution in [-0.4, -0.2) is 23.5 Å². The average molecular weight is 354 g/mol. The first kappa shape index (κ1) is 17.6. The van der Waals surface area contributed by atoms with Gasteiger partial charge >= 0.3 is 0 Å². The van der Waals surface area contributed by atoms with Crippen LogP contribution in [0.2, 0.25) is 0 Å². The van der Waals surface area contributed by atoms with Crippen molar-refractivity contribution in [3.05, 3.63) is 28.2 Å². The maximum absolute atomic E-state index is 11.9. The van der Waals surface area contributed by atoms with Gasteiger partial charge in [0.25, 0.3) is 5.91 Å². The Morgan fingerprint density at radius 3 is 2.61 bits per heavy atom. The molecule has 1 aromatic carbocycles. The second-order valence-corrected chi connectivity index (χ2v) is 6.81. The number of rotatable bonds is 4. The summed E-state index contributed by atoms with van der Waals surface area (Å²) in [6, 6.07) is 5.26. The van der Waals surface area contributed by atoms with Crippen molar-refractivity contribution in [2.45, 2.75) is 18.6 Å². The molecule has 0 aliphatic heterocycles. The number of anilines is 1. The predicted octanol–water partition coefficient (Wildman–Crippen LogP) is 3.32. The fraction of sp³-hybridized carbons (Fsp3) is 0.417. The van der Waals surface area contributed by atoms with E-state index < -0.39 is 0 Å². The van der Waals surface area contributed by atoms with Crippen LogP contribution in [0.5, 0.6) is 0 Å². The molecule has 0 atom stereocenters. The van der Waals surface area contributed by atoms with Gasteiger partial charge in [-0.15, -0.1) is 12.4 Å². The Morgan fingerprint density at radius 2 is 2.11 bits per heavy atom. The first-order valence-corrected chi connectivity index (χ1v) is 7.26. The number of carbonyl (C=O) groups excluding carboxylic acids is 1. The van der Waals surface area contributed by atoms with E-state index in [-0.39, 0.29) is 23.1 Å². The summed E-state index contributed by atoms with van der Waals surface area (Å²) in [6.45, 7) is 4.79. The minimum absolute atomic E-state index is 0. The summed E-state index contributed by atoms with van der Waals surface area (Å²) in [6.07, 6.45) is 2.03. The third kappa shape index (κ3) is 5.08. The molecule has 6 heteroatoms. The molecule has 0 aliphatic rings. The molecule has 18 heavy (non-hydrogen) atoms. The van der Waals surface area contributed by atoms with Crippen molar-refractivity contribution >= 4 is 51.7 Å². The molecule has 1 amide bonds. The first-order valence-electron chi connectivity index (χ1n) is 5.24. The third-order valence-electron chi connectivity index (χ3n) is 2.49. The monoisotopic (exact) mass is 352 g/mol. The SMILES string of the molecule is CSC(C)(C)CNC(=O)c1ccc(Br)cc1N.Cl. The number of hydrogen-bond acceptors (Lipinski definition) is 3. The number of carbonyl (C=O) groups is 1. The van der Waals surface area contributed by atoms with Crippen LogP contribution in [0.15, 0.2) is 22.7 Å². The van der Waals surface area contributed by atoms with E-state index in [9.17, 15) is 4.79 Å². The van der Waals surface area contributed by atoms with E-state index in [1.54, 1.807) is 23.9 Å². The van der Waals surface area contributed by atoms with Crippen LogP contribution in [0.1, 0.15) is 24.2 Å². The van der Waals surface area contributed by atoms with Gasteiger partial charge < -0.3 is 11.1 Å². The molecule has 0 fully saturated rings. The summed E-state index contributed by atoms with van der Waals surface area (Å²) in [5.74, 6) is -0.128. The number of halogens is 2. The van der Waals surface area contributed by atoms with Gasteiger partial charge in [-0.1, -0.05) is 15.9 Å². The number of nitrogens with two attached hydrogens (primary N) is 1. The normalized spacial score (nSPS) is 10.7. The van der Waals surface area contributed by atoms with Crippen LogP contribution >= 0.6 is 40.1 Å². The highest BCUT2D eigenvalue weighted by Crippen LogP contribution is 2.21. The minimum Gasteiger partial charge on any atom is -0.398 e. The molecule has 0 saturated heterocycles. The van der Waals surface area contributed by atoms with E-state index in [0.29, 0.717) is 17.8 Å². The highest BCUT2D eigenvalue weighted by molar-refractivity contribution is 9.10. The Labute approximate surface area is 127 Å². The summed E-state index contributed by atoms with van der Waals surface area (Å²) >= 11 is 5.03. The van der Waals surface area contributed by atoms with E-state index in [2.05, 4.69) is 35.1 Å². The highest BCUT2D eigenvalue weighted by Gasteiger charge is 2.18. The number of amides is 1. The van der Waals surface area contributed by atoms with Gasteiger partial charge in [-0.25, -0.2) is 0 Å². The zero-order chi connectivity index (χ0) is 13.1. The minimum atomic E-state index is -0.128. The number of benzene rings is 1. The lowest BCUT2D eigenvalue weighted by molar-refractivity contribution is 0.0951. The number of thioether (sulfide) groups is 1. The molecule has 0 bridgehead atoms. The number of nitrogen functional groups attached to an aromatic ring is 1. The summed E-state index contributed by atoms with van der Waals surface area (Å²) in [5, 5.41) is 2.90. The van der Waals surface area contributed by atoms with Crippen LogP contribution in [0.25, 0.3) is 0 Å². The van der Waals surface area contributed by atoms with Crippen LogP contribution in [0.4, 0.5) is 5.69 Å². The zero-order valence-electron chi connectivity index (χ0n) is 10.6. The Balaban J connectivity index is 0.00000289. The van der Waals surface area contributed by atoms with E-state index in [1.807, 2.05) is 12.3 Å². The first-order chi connectivity index (χ1) is 7.85. The predicted molar refractivity (Wildman–Crippen MR) is 85.7 cm³/mol. The fourth-order valence-electron chi connectivity index (χ4n) is 1.20. The van der Waals surface area contributed by atoms with Crippen molar-refractivity contribution in [2.75, 3.05) is 18.5 Å². The van der Waals surface area contributed by atoms with Gasteiger partial charge in [-0.2, -0.15) is 11.8 Å². The van der Waals surface area contributed by atoms with Crippen molar-refractivity contribution in [1.29, 1.82) is 0 Å². The van der Waals surface area contributed by atoms with E-state index in [1.165, 1.54) is 0 Å². The molecule has 102 valence electrons. The largest absolute Gasteiger partial charge is 0.398 e. The van der Waals surface area contributed by atoms with E-state index >= 15 is 0 Å². The molecule has 0 heterocycles. The molecule has 0 aliphatic carbocycles. The van der Waals surface area contributed by atoms with E-state index in [4.69, 9.17) is 5.73 Å². The Morgan fingerprint density at radius 1 is 1.50 bits per heavy atom. The molecule has 3 nitrogen and oxygen atoms in total. The van der Waals surface area contributed by atoms with Gasteiger partial charge in [-0.05, 0) is 38.3 Å². The molecule has 0 saturated carbocycles. The topological polar surface area (TPSA) is 55.1 Å². The van der Waals surface area contributed by atoms with Crippen molar-refractivity contribution in [3.8, 4) is 0 Å². The summed E-state index contributed by atoms with van der Waals surface area (Å²) in [5.41, 5.74) is 6.80. The number of hydrogen-bond donors (Lipinski definition) is 2. The maximum atomic E-state index is 11.9. The lowest BCUT2D eigenvalue weighted by Crippen LogP contribution is -2.36. The average Bonchev–Trinajstić information content (AvgIpc) is 2.26. The molecular weight excluding hydrogens is 336 g/mol. The lowest BCUT2D eigenvalue weighted by atomic mass is 10.1. The molecule has 3 N–H and O–H groups in total. The van der Waals surface area contributed by atoms with Gasteiger partial charge in [0.1, 0.15) is 0 Å². The van der Waals surface area contributed by atoms with Gasteiger partial charge in [0, 0.05) is 21.5 Å². The van der Waals surface area contributed by atoms with Gasteiger partial charge in [0.2, 0.25) is 0 Å². The summed E-state index contributed by atoms with van der Waals surface area (Å²) in [7, 11) is 0. The Kier molecular flexibility index (Phi) is 7.10. The summed E-state index contributed by atoms with van der Waals surface area (Å²) < 4.78 is 0.899. The Bertz CT molecular complexity index is 427. The third-order valence-corrected chi connectivity index (χ3v) is 4.23. The standard InChI is InChI=1S/C12H17BrN2OS.ClH/c1-12(2,17-3)7-15-11(16)9-5-4-8(13)6-10(9)14;/h4-6H,7,14H2,1-3H3,(H,15,16);1H. The van der Waals surface area contributed by atoms with Crippen molar-refractivity contribution in [2.24, 2.45) is 0 Å². The van der Waals surface area contributed by atoms with Crippen molar-refractivity contribution in [3.63, 3.8) is 0 Å². The van der Waals surface area contributed by atoms with Gasteiger partial charge in [0.15, 0.2) is 0 Å². The van der Waals surface area contributed by atoms with Crippen molar-refractivity contribution < 1.29 is 4.79 Å². The quantitative estimate of drug-likeness (QED) is 0.816. The molecule has 0 spiro atoms.